The van der Waals surface area contributed by atoms with Crippen LogP contribution in [0.3, 0.4) is 0 Å². The van der Waals surface area contributed by atoms with Gasteiger partial charge in [0.15, 0.2) is 0 Å². The predicted octanol–water partition coefficient (Wildman–Crippen LogP) is 23.7. The number of allylic oxidation sites excluding steroid dienone is 10. The van der Waals surface area contributed by atoms with Crippen LogP contribution < -0.4 is 0 Å². The van der Waals surface area contributed by atoms with Crippen LogP contribution in [0.25, 0.3) is 81.7 Å². The van der Waals surface area contributed by atoms with Crippen molar-refractivity contribution in [1.82, 2.24) is 0 Å². The van der Waals surface area contributed by atoms with Crippen molar-refractivity contribution >= 4 is 70.6 Å². The van der Waals surface area contributed by atoms with E-state index in [2.05, 4.69) is 0 Å². The van der Waals surface area contributed by atoms with E-state index < -0.39 is 477 Å². The zero-order valence-electron chi connectivity index (χ0n) is 59.0. The molecule has 4 saturated carbocycles. The smallest absolute Gasteiger partial charge is 0.170 e. The summed E-state index contributed by atoms with van der Waals surface area (Å²) in [5.41, 5.74) is -186. The van der Waals surface area contributed by atoms with Gasteiger partial charge in [-0.15, -0.1) is 0 Å². The molecule has 0 aromatic heterocycles. The van der Waals surface area contributed by atoms with Crippen molar-refractivity contribution in [2.75, 3.05) is 0 Å². The third kappa shape index (κ3) is 3.93. The summed E-state index contributed by atoms with van der Waals surface area (Å²) in [5.74, 6) is -73.8. The Morgan fingerprint density at radius 1 is 0.167 bits per heavy atom. The highest BCUT2D eigenvalue weighted by Crippen LogP contribution is 3.11. The molecule has 0 spiro atoms. The zero-order valence-corrected chi connectivity index (χ0v) is 59.0. The minimum absolute atomic E-state index is 2.20. The fraction of sp³-hybridized carbons (Fsp3) is 0.500. The molecule has 0 N–H and O–H groups in total. The molecule has 126 heavy (non-hydrogen) atoms. The molecule has 0 heterocycles. The van der Waals surface area contributed by atoms with Gasteiger partial charge in [0, 0.05) is 59.2 Å². The number of rotatable bonds is 0. The van der Waals surface area contributed by atoms with Crippen molar-refractivity contribution in [2.24, 2.45) is 98.6 Å². The number of hydrogen-bond donors (Lipinski definition) is 0. The summed E-state index contributed by atoms with van der Waals surface area (Å²) < 4.78 is 852. The Balaban J connectivity index is 1.03. The van der Waals surface area contributed by atoms with E-state index in [1.165, 1.54) is 0 Å². The average Bonchev–Trinajstić information content (AvgIpc) is 1.34. The summed E-state index contributed by atoms with van der Waals surface area (Å²) >= 11 is 0. The normalized spacial score (nSPS) is 47.1. The zero-order chi connectivity index (χ0) is 88.3. The summed E-state index contributed by atoms with van der Waals surface area (Å²) in [6, 6.07) is 0. The standard InChI is InChI=1S/C84H14F42/c85-71(86,87)57-20-12-15-34(57)41-49-47-35(15)67(81(115,116)117)39-16(12)32-31-13(20)10-6-2-5-8-7-3-1-4-9-11-14-19(1)58(72(88,89)90)24(3)25(5)59(73(91,92)93)21(2)17-22(10)64(31,78(106,107)108)53-40-18-37-44-50-48-38(18)70(84(124,125)126,54(39)66(32,40)80(112,113)114)56-55(67)68(47,82(118,119)120)45(29(9)61(49,75(97,98)99)26(4)28(7)60(41,74(94,95)96)27(8)23(6)57)46(69(48,56)83(121,122)123)30(11)62(50,76(100,101)102)33(14)42-51(58)52(59)43(63(42,44)77(103,104)105)36(17)65(37,53)79(109,110)111/h34,37,39-41,44,47-54H. The Labute approximate surface area is 659 Å². The van der Waals surface area contributed by atoms with E-state index in [4.69, 9.17) is 0 Å². The molecule has 7 aromatic carbocycles. The molecular weight excluding hydrogens is 1810 g/mol. The first-order valence-electron chi connectivity index (χ1n) is 39.4. The van der Waals surface area contributed by atoms with Gasteiger partial charge in [-0.3, -0.25) is 0 Å². The third-order valence-electron chi connectivity index (χ3n) is 41.9. The van der Waals surface area contributed by atoms with Gasteiger partial charge in [-0.1, -0.05) is 5.57 Å². The lowest BCUT2D eigenvalue weighted by Crippen LogP contribution is -2.77. The van der Waals surface area contributed by atoms with E-state index in [9.17, 15) is 0 Å². The Bertz CT molecular complexity index is 7960. The summed E-state index contributed by atoms with van der Waals surface area (Å²) in [4.78, 5) is 0. The van der Waals surface area contributed by atoms with Crippen LogP contribution >= 0.6 is 0 Å². The third-order valence-corrected chi connectivity index (χ3v) is 41.9. The van der Waals surface area contributed by atoms with Crippen LogP contribution in [0.5, 0.6) is 0 Å². The minimum atomic E-state index is -8.23. The van der Waals surface area contributed by atoms with Gasteiger partial charge >= 0.3 is 86.5 Å². The summed E-state index contributed by atoms with van der Waals surface area (Å²) in [6.07, 6.45) is -109. The van der Waals surface area contributed by atoms with Gasteiger partial charge in [-0.2, -0.15) is 184 Å². The lowest BCUT2D eigenvalue weighted by molar-refractivity contribution is -0.320. The lowest BCUT2D eigenvalue weighted by atomic mass is 9.29. The first kappa shape index (κ1) is 68.7. The van der Waals surface area contributed by atoms with E-state index in [0.717, 1.165) is 0 Å². The fourth-order valence-corrected chi connectivity index (χ4v) is 43.4. The Morgan fingerprint density at radius 3 is 0.960 bits per heavy atom. The molecule has 0 saturated heterocycles. The lowest BCUT2D eigenvalue weighted by Gasteiger charge is -2.72. The highest BCUT2D eigenvalue weighted by atomic mass is 19.5. The first-order valence-corrected chi connectivity index (χ1v) is 39.4. The van der Waals surface area contributed by atoms with Crippen LogP contribution in [0.2, 0.25) is 0 Å². The van der Waals surface area contributed by atoms with Crippen LogP contribution in [0.1, 0.15) is 117 Å². The fourth-order valence-electron chi connectivity index (χ4n) is 43.4. The second kappa shape index (κ2) is 14.5. The number of benzene rings is 7. The molecular formula is C84H14F42. The van der Waals surface area contributed by atoms with E-state index in [0.29, 0.717) is 0 Å². The molecule has 4 fully saturated rings. The molecule has 644 valence electrons. The minimum Gasteiger partial charge on any atom is -0.170 e. The van der Waals surface area contributed by atoms with Crippen LogP contribution in [0.15, 0.2) is 39.0 Å². The highest BCUT2D eigenvalue weighted by molar-refractivity contribution is 6.43. The van der Waals surface area contributed by atoms with Gasteiger partial charge in [0.1, 0.15) is 75.8 Å². The molecule has 0 nitrogen and oxygen atoms in total. The number of halogens is 42. The van der Waals surface area contributed by atoms with Crippen LogP contribution in [0.4, 0.5) is 184 Å². The predicted molar refractivity (Wildman–Crippen MR) is 328 cm³/mol. The van der Waals surface area contributed by atoms with Gasteiger partial charge in [-0.05, 0) is 250 Å². The molecule has 0 amide bonds. The largest absolute Gasteiger partial charge is 0.403 e. The van der Waals surface area contributed by atoms with Gasteiger partial charge < -0.3 is 0 Å². The van der Waals surface area contributed by atoms with E-state index in [-0.39, 0.29) is 0 Å². The Kier molecular flexibility index (Phi) is 7.91. The SMILES string of the molecule is FC(F)(F)C12C3=C4c5c6c7c8c9c5C5(C(F)(F)F)c%10c%11c%12c%13c%14c%15c%16c%17c%18c%19c%20c%21c%22c%23c%24c%20c%17c%17c(c%12%16)C%11(C(F)(F)F)C(C45)C(C3C%23(C(F)(F)F)C1=C1C3(C(F)(F)F)C4=C5C%11C%12C(C4C1%22C(F)(F)F)C%21(C(F)(F)F)C%19=C1C(C4C(=C%16c%19c(c-9c%10c%13c%19C%144C(F)(F)F)C8(C(F)(F)F)C(C5C7(C(F)(F)F)C3C62)C%16%11C(F)(F)F)C1%12C(F)(F)F)C%18%15C(F)(F)F)C%24%17C(F)(F)F. The summed E-state index contributed by atoms with van der Waals surface area (Å²) in [7, 11) is 0. The van der Waals surface area contributed by atoms with E-state index in [1.54, 1.807) is 0 Å². The van der Waals surface area contributed by atoms with Crippen molar-refractivity contribution < 1.29 is 184 Å². The van der Waals surface area contributed by atoms with Crippen molar-refractivity contribution in [3.8, 4) is 11.1 Å². The molecule has 7 aromatic rings. The Hall–Kier alpha value is -8.40. The Morgan fingerprint density at radius 2 is 0.500 bits per heavy atom. The van der Waals surface area contributed by atoms with Gasteiger partial charge in [0.2, 0.25) is 0 Å². The average molecular weight is 1820 g/mol. The molecule has 28 atom stereocenters. The van der Waals surface area contributed by atoms with Crippen LogP contribution in [-0.2, 0) is 54.1 Å². The van der Waals surface area contributed by atoms with E-state index >= 15 is 184 Å². The first-order chi connectivity index (χ1) is 57.6. The topological polar surface area (TPSA) is 0 Å². The van der Waals surface area contributed by atoms with Crippen LogP contribution in [-0.4, -0.2) is 86.5 Å². The van der Waals surface area contributed by atoms with Crippen molar-refractivity contribution in [1.29, 1.82) is 0 Å². The molecule has 0 aliphatic heterocycles. The van der Waals surface area contributed by atoms with Crippen molar-refractivity contribution in [2.45, 2.75) is 147 Å². The molecule has 30 aliphatic carbocycles. The molecule has 37 rings (SSSR count). The van der Waals surface area contributed by atoms with Crippen LogP contribution in [0, 0.1) is 98.6 Å². The maximum absolute atomic E-state index is 20.5. The van der Waals surface area contributed by atoms with Gasteiger partial charge in [0.05, 0.1) is 0 Å². The van der Waals surface area contributed by atoms with Gasteiger partial charge in [-0.25, -0.2) is 0 Å². The molecule has 0 radical (unpaired) electrons. The number of alkyl halides is 42. The second-order valence-corrected chi connectivity index (χ2v) is 41.3. The van der Waals surface area contributed by atoms with Gasteiger partial charge in [0.25, 0.3) is 0 Å². The quantitative estimate of drug-likeness (QED) is 0.0807. The molecule has 28 unspecified atom stereocenters. The van der Waals surface area contributed by atoms with Crippen molar-refractivity contribution in [3.05, 3.63) is 150 Å². The summed E-state index contributed by atoms with van der Waals surface area (Å²) in [6.45, 7) is 0. The maximum Gasteiger partial charge on any atom is 0.403 e. The second-order valence-electron chi connectivity index (χ2n) is 41.3. The molecule has 0 bridgehead atoms. The maximum atomic E-state index is 20.5. The highest BCUT2D eigenvalue weighted by Gasteiger charge is 3.12. The van der Waals surface area contributed by atoms with E-state index in [1.807, 2.05) is 0 Å². The number of hydrogen-bond acceptors (Lipinski definition) is 0. The summed E-state index contributed by atoms with van der Waals surface area (Å²) in [5, 5.41) is -23.7. The van der Waals surface area contributed by atoms with Crippen molar-refractivity contribution in [3.63, 3.8) is 0 Å². The monoisotopic (exact) mass is 1820 g/mol. The molecule has 42 heteroatoms. The molecule has 30 aliphatic rings.